The van der Waals surface area contributed by atoms with E-state index in [2.05, 4.69) is 20.1 Å². The molecule has 1 saturated heterocycles. The number of carbonyl (C=O) groups is 1. The Morgan fingerprint density at radius 1 is 1.10 bits per heavy atom. The number of alkyl halides is 3. The third-order valence-electron chi connectivity index (χ3n) is 5.59. The molecular formula is C22H25F3N4O2. The third kappa shape index (κ3) is 5.61. The van der Waals surface area contributed by atoms with Crippen molar-refractivity contribution in [1.29, 1.82) is 0 Å². The zero-order valence-electron chi connectivity index (χ0n) is 17.1. The van der Waals surface area contributed by atoms with E-state index in [1.165, 1.54) is 12.1 Å². The second-order valence-corrected chi connectivity index (χ2v) is 7.88. The number of ether oxygens (including phenoxy) is 1. The van der Waals surface area contributed by atoms with Crippen LogP contribution in [0, 0.1) is 0 Å². The average Bonchev–Trinajstić information content (AvgIpc) is 3.15. The van der Waals surface area contributed by atoms with Crippen LogP contribution in [0.5, 0.6) is 0 Å². The maximum Gasteiger partial charge on any atom is 0.416 e. The zero-order chi connectivity index (χ0) is 21.8. The van der Waals surface area contributed by atoms with Gasteiger partial charge in [-0.2, -0.15) is 13.2 Å². The van der Waals surface area contributed by atoms with Crippen molar-refractivity contribution in [3.63, 3.8) is 0 Å². The first-order valence-electron chi connectivity index (χ1n) is 10.3. The van der Waals surface area contributed by atoms with E-state index in [1.54, 1.807) is 6.20 Å². The van der Waals surface area contributed by atoms with Gasteiger partial charge in [0, 0.05) is 52.0 Å². The molecule has 31 heavy (non-hydrogen) atoms. The Morgan fingerprint density at radius 3 is 2.55 bits per heavy atom. The Morgan fingerprint density at radius 2 is 1.84 bits per heavy atom. The summed E-state index contributed by atoms with van der Waals surface area (Å²) in [7, 11) is 0. The minimum absolute atomic E-state index is 0.148. The molecule has 1 fully saturated rings. The number of nitrogens with zero attached hydrogens (tertiary/aromatic N) is 3. The molecule has 3 heterocycles. The van der Waals surface area contributed by atoms with Crippen LogP contribution in [0.1, 0.15) is 32.7 Å². The molecule has 0 aliphatic carbocycles. The summed E-state index contributed by atoms with van der Waals surface area (Å²) in [5, 5.41) is 2.94. The van der Waals surface area contributed by atoms with E-state index >= 15 is 0 Å². The monoisotopic (exact) mass is 434 g/mol. The standard InChI is InChI=1S/C22H25F3N4O2/c23-22(24,25)19-3-1-16(2-4-19)13-29-14-18-11-17(12-27-20(18)15-29)21(30)26-5-6-28-7-9-31-10-8-28/h1-4,11-12H,5-10,13-15H2,(H,26,30). The van der Waals surface area contributed by atoms with Crippen LogP contribution in [0.2, 0.25) is 0 Å². The molecule has 1 aromatic heterocycles. The molecule has 2 aromatic rings. The molecule has 1 N–H and O–H groups in total. The predicted molar refractivity (Wildman–Crippen MR) is 108 cm³/mol. The van der Waals surface area contributed by atoms with E-state index < -0.39 is 11.7 Å². The number of benzene rings is 1. The quantitative estimate of drug-likeness (QED) is 0.758. The zero-order valence-corrected chi connectivity index (χ0v) is 17.1. The number of hydrogen-bond acceptors (Lipinski definition) is 5. The summed E-state index contributed by atoms with van der Waals surface area (Å²) in [6.45, 7) is 6.31. The van der Waals surface area contributed by atoms with E-state index in [0.29, 0.717) is 31.7 Å². The number of pyridine rings is 1. The van der Waals surface area contributed by atoms with Crippen molar-refractivity contribution in [1.82, 2.24) is 20.1 Å². The van der Waals surface area contributed by atoms with Crippen LogP contribution >= 0.6 is 0 Å². The topological polar surface area (TPSA) is 57.7 Å². The Kier molecular flexibility index (Phi) is 6.54. The lowest BCUT2D eigenvalue weighted by Gasteiger charge is -2.26. The lowest BCUT2D eigenvalue weighted by molar-refractivity contribution is -0.137. The van der Waals surface area contributed by atoms with Gasteiger partial charge in [-0.25, -0.2) is 0 Å². The van der Waals surface area contributed by atoms with Gasteiger partial charge in [-0.1, -0.05) is 12.1 Å². The number of rotatable bonds is 6. The van der Waals surface area contributed by atoms with Gasteiger partial charge >= 0.3 is 6.18 Å². The SMILES string of the molecule is O=C(NCCN1CCOCC1)c1cnc2c(c1)CN(Cc1ccc(C(F)(F)F)cc1)C2. The van der Waals surface area contributed by atoms with Gasteiger partial charge in [0.05, 0.1) is 30.0 Å². The van der Waals surface area contributed by atoms with Crippen molar-refractivity contribution < 1.29 is 22.7 Å². The normalized spacial score (nSPS) is 17.5. The molecule has 6 nitrogen and oxygen atoms in total. The summed E-state index contributed by atoms with van der Waals surface area (Å²) >= 11 is 0. The molecule has 0 bridgehead atoms. The van der Waals surface area contributed by atoms with Gasteiger partial charge in [-0.15, -0.1) is 0 Å². The van der Waals surface area contributed by atoms with Crippen LogP contribution in [-0.4, -0.2) is 60.1 Å². The first-order chi connectivity index (χ1) is 14.9. The molecule has 2 aliphatic heterocycles. The number of morpholine rings is 1. The predicted octanol–water partition coefficient (Wildman–Crippen LogP) is 2.68. The van der Waals surface area contributed by atoms with Gasteiger partial charge in [0.2, 0.25) is 0 Å². The van der Waals surface area contributed by atoms with Crippen LogP contribution in [0.15, 0.2) is 36.5 Å². The minimum Gasteiger partial charge on any atom is -0.379 e. The van der Waals surface area contributed by atoms with Gasteiger partial charge in [0.1, 0.15) is 0 Å². The third-order valence-corrected chi connectivity index (χ3v) is 5.59. The number of halogens is 3. The molecule has 1 amide bonds. The number of hydrogen-bond donors (Lipinski definition) is 1. The van der Waals surface area contributed by atoms with Crippen molar-refractivity contribution in [3.05, 3.63) is 64.5 Å². The fraction of sp³-hybridized carbons (Fsp3) is 0.455. The number of carbonyl (C=O) groups excluding carboxylic acids is 1. The summed E-state index contributed by atoms with van der Waals surface area (Å²) in [6, 6.07) is 7.09. The summed E-state index contributed by atoms with van der Waals surface area (Å²) in [4.78, 5) is 21.3. The lowest BCUT2D eigenvalue weighted by atomic mass is 10.1. The van der Waals surface area contributed by atoms with Crippen LogP contribution in [0.25, 0.3) is 0 Å². The highest BCUT2D eigenvalue weighted by Crippen LogP contribution is 2.30. The van der Waals surface area contributed by atoms with E-state index in [4.69, 9.17) is 4.74 Å². The number of fused-ring (bicyclic) bond motifs is 1. The fourth-order valence-corrected chi connectivity index (χ4v) is 3.87. The molecule has 0 unspecified atom stereocenters. The van der Waals surface area contributed by atoms with Gasteiger partial charge < -0.3 is 10.1 Å². The molecule has 0 spiro atoms. The number of nitrogens with one attached hydrogen (secondary N) is 1. The maximum atomic E-state index is 12.7. The van der Waals surface area contributed by atoms with E-state index in [0.717, 1.165) is 61.8 Å². The Labute approximate surface area is 179 Å². The number of aromatic nitrogens is 1. The van der Waals surface area contributed by atoms with E-state index in [9.17, 15) is 18.0 Å². The largest absolute Gasteiger partial charge is 0.416 e. The molecule has 166 valence electrons. The van der Waals surface area contributed by atoms with Crippen LogP contribution in [0.4, 0.5) is 13.2 Å². The van der Waals surface area contributed by atoms with Crippen molar-refractivity contribution in [2.24, 2.45) is 0 Å². The maximum absolute atomic E-state index is 12.7. The molecule has 0 saturated carbocycles. The highest BCUT2D eigenvalue weighted by Gasteiger charge is 2.30. The molecule has 0 radical (unpaired) electrons. The van der Waals surface area contributed by atoms with Gasteiger partial charge in [0.25, 0.3) is 5.91 Å². The van der Waals surface area contributed by atoms with Crippen LogP contribution in [-0.2, 0) is 30.5 Å². The molecule has 9 heteroatoms. The second-order valence-electron chi connectivity index (χ2n) is 7.88. The highest BCUT2D eigenvalue weighted by atomic mass is 19.4. The highest BCUT2D eigenvalue weighted by molar-refractivity contribution is 5.94. The van der Waals surface area contributed by atoms with Gasteiger partial charge in [0.15, 0.2) is 0 Å². The van der Waals surface area contributed by atoms with E-state index in [1.807, 2.05) is 6.07 Å². The smallest absolute Gasteiger partial charge is 0.379 e. The first-order valence-corrected chi connectivity index (χ1v) is 10.3. The Bertz CT molecular complexity index is 912. The Hall–Kier alpha value is -2.49. The minimum atomic E-state index is -4.33. The second kappa shape index (κ2) is 9.33. The lowest BCUT2D eigenvalue weighted by Crippen LogP contribution is -2.41. The van der Waals surface area contributed by atoms with Gasteiger partial charge in [-0.05, 0) is 29.3 Å². The van der Waals surface area contributed by atoms with Crippen LogP contribution in [0.3, 0.4) is 0 Å². The number of amides is 1. The van der Waals surface area contributed by atoms with Crippen molar-refractivity contribution in [2.45, 2.75) is 25.8 Å². The molecule has 0 atom stereocenters. The van der Waals surface area contributed by atoms with Crippen molar-refractivity contribution in [2.75, 3.05) is 39.4 Å². The van der Waals surface area contributed by atoms with Crippen molar-refractivity contribution in [3.8, 4) is 0 Å². The van der Waals surface area contributed by atoms with Crippen molar-refractivity contribution >= 4 is 5.91 Å². The fourth-order valence-electron chi connectivity index (χ4n) is 3.87. The Balaban J connectivity index is 1.29. The molecule has 4 rings (SSSR count). The average molecular weight is 434 g/mol. The first kappa shape index (κ1) is 21.7. The summed E-state index contributed by atoms with van der Waals surface area (Å²) < 4.78 is 43.5. The molecule has 1 aromatic carbocycles. The van der Waals surface area contributed by atoms with E-state index in [-0.39, 0.29) is 5.91 Å². The van der Waals surface area contributed by atoms with Gasteiger partial charge in [-0.3, -0.25) is 19.6 Å². The summed E-state index contributed by atoms with van der Waals surface area (Å²) in [6.07, 6.45) is -2.74. The van der Waals surface area contributed by atoms with Crippen LogP contribution < -0.4 is 5.32 Å². The summed E-state index contributed by atoms with van der Waals surface area (Å²) in [5.74, 6) is -0.148. The molecule has 2 aliphatic rings. The summed E-state index contributed by atoms with van der Waals surface area (Å²) in [5.41, 5.74) is 2.57. The molecular weight excluding hydrogens is 409 g/mol.